The average molecular weight is 413 g/mol. The summed E-state index contributed by atoms with van der Waals surface area (Å²) in [7, 11) is 3.09. The minimum absolute atomic E-state index is 0.268. The number of hydrogen-bond acceptors (Lipinski definition) is 7. The fourth-order valence-electron chi connectivity index (χ4n) is 2.75. The fraction of sp³-hybridized carbons (Fsp3) is 0.273. The number of carbonyl (C=O) groups excluding carboxylic acids is 2. The van der Waals surface area contributed by atoms with E-state index in [1.54, 1.807) is 43.5 Å². The van der Waals surface area contributed by atoms with E-state index < -0.39 is 11.9 Å². The van der Waals surface area contributed by atoms with Crippen molar-refractivity contribution in [3.63, 3.8) is 0 Å². The summed E-state index contributed by atoms with van der Waals surface area (Å²) in [6, 6.07) is 10.7. The molecule has 0 aliphatic carbocycles. The Balaban J connectivity index is 1.44. The summed E-state index contributed by atoms with van der Waals surface area (Å²) in [4.78, 5) is 23.8. The highest BCUT2D eigenvalue weighted by molar-refractivity contribution is 5.89. The monoisotopic (exact) mass is 413 g/mol. The Labute approximate surface area is 174 Å². The van der Waals surface area contributed by atoms with Crippen LogP contribution in [-0.2, 0) is 20.9 Å². The number of methoxy groups -OCH3 is 2. The highest BCUT2D eigenvalue weighted by atomic mass is 16.6. The van der Waals surface area contributed by atoms with Gasteiger partial charge in [0.25, 0.3) is 5.91 Å². The zero-order chi connectivity index (χ0) is 21.3. The van der Waals surface area contributed by atoms with E-state index in [9.17, 15) is 9.59 Å². The van der Waals surface area contributed by atoms with Crippen molar-refractivity contribution in [1.29, 1.82) is 0 Å². The minimum Gasteiger partial charge on any atom is -0.493 e. The number of carbonyl (C=O) groups is 2. The molecule has 30 heavy (non-hydrogen) atoms. The van der Waals surface area contributed by atoms with E-state index in [4.69, 9.17) is 23.7 Å². The van der Waals surface area contributed by atoms with Gasteiger partial charge >= 0.3 is 5.97 Å². The first-order valence-corrected chi connectivity index (χ1v) is 9.31. The number of esters is 1. The highest BCUT2D eigenvalue weighted by Crippen LogP contribution is 2.31. The molecular weight excluding hydrogens is 390 g/mol. The molecule has 0 spiro atoms. The highest BCUT2D eigenvalue weighted by Gasteiger charge is 2.11. The predicted octanol–water partition coefficient (Wildman–Crippen LogP) is 2.35. The Morgan fingerprint density at radius 1 is 1.00 bits per heavy atom. The van der Waals surface area contributed by atoms with E-state index in [1.165, 1.54) is 13.2 Å². The largest absolute Gasteiger partial charge is 0.493 e. The summed E-state index contributed by atoms with van der Waals surface area (Å²) >= 11 is 0. The lowest BCUT2D eigenvalue weighted by Gasteiger charge is -2.18. The van der Waals surface area contributed by atoms with Gasteiger partial charge in [-0.15, -0.1) is 0 Å². The zero-order valence-electron chi connectivity index (χ0n) is 16.8. The Hall–Kier alpha value is -3.68. The molecule has 0 aromatic heterocycles. The molecule has 1 aliphatic rings. The van der Waals surface area contributed by atoms with E-state index >= 15 is 0 Å². The lowest BCUT2D eigenvalue weighted by molar-refractivity contribution is -0.143. The molecule has 2 aromatic carbocycles. The van der Waals surface area contributed by atoms with Crippen LogP contribution < -0.4 is 24.3 Å². The van der Waals surface area contributed by atoms with Crippen LogP contribution in [-0.4, -0.2) is 45.9 Å². The first-order chi connectivity index (χ1) is 14.6. The van der Waals surface area contributed by atoms with Gasteiger partial charge in [0, 0.05) is 12.6 Å². The number of fused-ring (bicyclic) bond motifs is 1. The van der Waals surface area contributed by atoms with Crippen LogP contribution in [0.5, 0.6) is 23.0 Å². The van der Waals surface area contributed by atoms with E-state index in [1.807, 2.05) is 6.07 Å². The number of amides is 1. The molecular formula is C22H23NO7. The molecule has 3 rings (SSSR count). The van der Waals surface area contributed by atoms with Crippen LogP contribution in [0.2, 0.25) is 0 Å². The van der Waals surface area contributed by atoms with Gasteiger partial charge in [-0.2, -0.15) is 0 Å². The van der Waals surface area contributed by atoms with E-state index in [0.717, 1.165) is 11.1 Å². The maximum atomic E-state index is 11.9. The molecule has 0 bridgehead atoms. The van der Waals surface area contributed by atoms with Crippen LogP contribution >= 0.6 is 0 Å². The third-order valence-electron chi connectivity index (χ3n) is 4.26. The maximum absolute atomic E-state index is 11.9. The van der Waals surface area contributed by atoms with Gasteiger partial charge in [-0.25, -0.2) is 4.79 Å². The standard InChI is InChI=1S/C22H23NO7/c1-26-17-6-4-16(12-19(17)27-2)13-23-21(24)14-30-22(25)8-5-15-3-7-18-20(11-15)29-10-9-28-18/h3-8,11-12H,9-10,13-14H2,1-2H3,(H,23,24)/b8-5+. The van der Waals surface area contributed by atoms with E-state index in [2.05, 4.69) is 5.32 Å². The van der Waals surface area contributed by atoms with Crippen molar-refractivity contribution in [2.45, 2.75) is 6.54 Å². The lowest BCUT2D eigenvalue weighted by atomic mass is 10.2. The predicted molar refractivity (Wildman–Crippen MR) is 109 cm³/mol. The summed E-state index contributed by atoms with van der Waals surface area (Å²) in [5, 5.41) is 2.68. The molecule has 158 valence electrons. The van der Waals surface area contributed by atoms with Crippen molar-refractivity contribution < 1.29 is 33.3 Å². The van der Waals surface area contributed by atoms with Crippen LogP contribution in [0.1, 0.15) is 11.1 Å². The molecule has 0 unspecified atom stereocenters. The smallest absolute Gasteiger partial charge is 0.331 e. The quantitative estimate of drug-likeness (QED) is 0.525. The summed E-state index contributed by atoms with van der Waals surface area (Å²) in [5.74, 6) is 1.45. The van der Waals surface area contributed by atoms with Gasteiger partial charge in [-0.1, -0.05) is 12.1 Å². The molecule has 0 saturated heterocycles. The summed E-state index contributed by atoms with van der Waals surface area (Å²) in [6.45, 7) is 0.893. The van der Waals surface area contributed by atoms with Crippen molar-refractivity contribution in [2.75, 3.05) is 34.0 Å². The van der Waals surface area contributed by atoms with Crippen molar-refractivity contribution >= 4 is 18.0 Å². The Morgan fingerprint density at radius 3 is 2.53 bits per heavy atom. The number of hydrogen-bond donors (Lipinski definition) is 1. The molecule has 8 heteroatoms. The molecule has 0 atom stereocenters. The zero-order valence-corrected chi connectivity index (χ0v) is 16.8. The molecule has 0 fully saturated rings. The van der Waals surface area contributed by atoms with Crippen LogP contribution in [0, 0.1) is 0 Å². The number of rotatable bonds is 8. The molecule has 0 saturated carbocycles. The van der Waals surface area contributed by atoms with Gasteiger partial charge in [-0.3, -0.25) is 4.79 Å². The van der Waals surface area contributed by atoms with Crippen LogP contribution in [0.25, 0.3) is 6.08 Å². The fourth-order valence-corrected chi connectivity index (χ4v) is 2.75. The Kier molecular flexibility index (Phi) is 7.15. The molecule has 1 aliphatic heterocycles. The van der Waals surface area contributed by atoms with Crippen LogP contribution in [0.3, 0.4) is 0 Å². The van der Waals surface area contributed by atoms with E-state index in [0.29, 0.717) is 36.2 Å². The summed E-state index contributed by atoms with van der Waals surface area (Å²) in [5.41, 5.74) is 1.58. The second kappa shape index (κ2) is 10.2. The minimum atomic E-state index is -0.619. The van der Waals surface area contributed by atoms with Crippen molar-refractivity contribution in [1.82, 2.24) is 5.32 Å². The van der Waals surface area contributed by atoms with Crippen LogP contribution in [0.15, 0.2) is 42.5 Å². The average Bonchev–Trinajstić information content (AvgIpc) is 2.79. The number of ether oxygens (including phenoxy) is 5. The molecule has 8 nitrogen and oxygen atoms in total. The second-order valence-electron chi connectivity index (χ2n) is 6.31. The SMILES string of the molecule is COc1ccc(CNC(=O)COC(=O)/C=C/c2ccc3c(c2)OCCO3)cc1OC. The summed E-state index contributed by atoms with van der Waals surface area (Å²) in [6.07, 6.45) is 2.84. The van der Waals surface area contributed by atoms with Gasteiger partial charge in [0.05, 0.1) is 14.2 Å². The first-order valence-electron chi connectivity index (χ1n) is 9.31. The van der Waals surface area contributed by atoms with E-state index in [-0.39, 0.29) is 13.2 Å². The maximum Gasteiger partial charge on any atom is 0.331 e. The topological polar surface area (TPSA) is 92.3 Å². The molecule has 1 N–H and O–H groups in total. The molecule has 2 aromatic rings. The lowest BCUT2D eigenvalue weighted by Crippen LogP contribution is -2.28. The van der Waals surface area contributed by atoms with Gasteiger partial charge in [0.1, 0.15) is 13.2 Å². The third-order valence-corrected chi connectivity index (χ3v) is 4.26. The van der Waals surface area contributed by atoms with Gasteiger partial charge in [0.15, 0.2) is 29.6 Å². The van der Waals surface area contributed by atoms with Crippen molar-refractivity contribution in [3.8, 4) is 23.0 Å². The molecule has 1 amide bonds. The first kappa shape index (κ1) is 21.0. The second-order valence-corrected chi connectivity index (χ2v) is 6.31. The molecule has 0 radical (unpaired) electrons. The summed E-state index contributed by atoms with van der Waals surface area (Å²) < 4.78 is 26.3. The number of benzene rings is 2. The van der Waals surface area contributed by atoms with Gasteiger partial charge < -0.3 is 29.0 Å². The van der Waals surface area contributed by atoms with Crippen molar-refractivity contribution in [3.05, 3.63) is 53.6 Å². The normalized spacial score (nSPS) is 12.3. The Bertz CT molecular complexity index is 939. The van der Waals surface area contributed by atoms with Gasteiger partial charge in [0.2, 0.25) is 0 Å². The van der Waals surface area contributed by atoms with Crippen molar-refractivity contribution in [2.24, 2.45) is 0 Å². The van der Waals surface area contributed by atoms with Gasteiger partial charge in [-0.05, 0) is 41.5 Å². The third kappa shape index (κ3) is 5.66. The Morgan fingerprint density at radius 2 is 1.77 bits per heavy atom. The van der Waals surface area contributed by atoms with Crippen LogP contribution in [0.4, 0.5) is 0 Å². The molecule has 1 heterocycles. The number of nitrogens with one attached hydrogen (secondary N) is 1.